The lowest BCUT2D eigenvalue weighted by atomic mass is 10.2. The highest BCUT2D eigenvalue weighted by molar-refractivity contribution is 7.14. The smallest absolute Gasteiger partial charge is 0.262 e. The number of hydrogen-bond acceptors (Lipinski definition) is 6. The zero-order chi connectivity index (χ0) is 21.4. The Morgan fingerprint density at radius 1 is 1.41 bits per heavy atom. The van der Waals surface area contributed by atoms with Crippen molar-refractivity contribution in [3.63, 3.8) is 0 Å². The molecule has 0 spiro atoms. The van der Waals surface area contributed by atoms with Gasteiger partial charge in [0.05, 0.1) is 11.4 Å². The summed E-state index contributed by atoms with van der Waals surface area (Å²) in [5.74, 6) is -2.78. The van der Waals surface area contributed by atoms with Gasteiger partial charge in [-0.25, -0.2) is 13.8 Å². The first-order valence-electron chi connectivity index (χ1n) is 8.47. The number of benzene rings is 1. The highest BCUT2D eigenvalue weighted by Gasteiger charge is 2.21. The molecule has 1 aromatic heterocycles. The number of hydrogen-bond donors (Lipinski definition) is 1. The topological polar surface area (TPSA) is 95.3 Å². The van der Waals surface area contributed by atoms with Gasteiger partial charge < -0.3 is 10.1 Å². The van der Waals surface area contributed by atoms with Crippen LogP contribution < -0.4 is 10.2 Å². The van der Waals surface area contributed by atoms with Crippen molar-refractivity contribution in [1.29, 1.82) is 5.26 Å². The number of carbonyl (C=O) groups excluding carboxylic acids is 2. The Morgan fingerprint density at radius 2 is 2.17 bits per heavy atom. The number of halogens is 2. The summed E-state index contributed by atoms with van der Waals surface area (Å²) in [7, 11) is 1.55. The molecule has 0 aliphatic carbocycles. The normalized spacial score (nSPS) is 11.1. The second-order valence-corrected chi connectivity index (χ2v) is 6.61. The number of nitrogens with one attached hydrogen (secondary N) is 1. The predicted octanol–water partition coefficient (Wildman–Crippen LogP) is 3.17. The summed E-state index contributed by atoms with van der Waals surface area (Å²) in [6, 6.07) is 4.64. The van der Waals surface area contributed by atoms with Gasteiger partial charge in [0.15, 0.2) is 5.13 Å². The van der Waals surface area contributed by atoms with Gasteiger partial charge in [-0.1, -0.05) is 0 Å². The summed E-state index contributed by atoms with van der Waals surface area (Å²) in [6.07, 6.45) is 1.86. The first-order chi connectivity index (χ1) is 13.9. The number of ether oxygens (including phenoxy) is 1. The minimum absolute atomic E-state index is 0.118. The number of thiazole rings is 1. The van der Waals surface area contributed by atoms with E-state index in [1.807, 2.05) is 0 Å². The van der Waals surface area contributed by atoms with Gasteiger partial charge >= 0.3 is 0 Å². The van der Waals surface area contributed by atoms with E-state index in [2.05, 4.69) is 10.3 Å². The molecule has 0 fully saturated rings. The summed E-state index contributed by atoms with van der Waals surface area (Å²) in [6.45, 7) is 2.03. The van der Waals surface area contributed by atoms with Gasteiger partial charge in [0, 0.05) is 38.6 Å². The highest BCUT2D eigenvalue weighted by atomic mass is 32.1. The molecule has 0 aliphatic heterocycles. The Kier molecular flexibility index (Phi) is 7.94. The molecule has 1 heterocycles. The summed E-state index contributed by atoms with van der Waals surface area (Å²) >= 11 is 1.01. The lowest BCUT2D eigenvalue weighted by molar-refractivity contribution is -0.117. The Hall–Kier alpha value is -3.16. The molecule has 2 rings (SSSR count). The highest BCUT2D eigenvalue weighted by Crippen LogP contribution is 2.31. The van der Waals surface area contributed by atoms with Crippen molar-refractivity contribution in [2.75, 3.05) is 25.2 Å². The average molecular weight is 420 g/mol. The predicted molar refractivity (Wildman–Crippen MR) is 104 cm³/mol. The van der Waals surface area contributed by atoms with Gasteiger partial charge in [0.2, 0.25) is 5.91 Å². The van der Waals surface area contributed by atoms with Crippen LogP contribution in [0, 0.1) is 23.0 Å². The lowest BCUT2D eigenvalue weighted by Crippen LogP contribution is -2.26. The van der Waals surface area contributed by atoms with Crippen LogP contribution in [0.5, 0.6) is 0 Å². The molecule has 0 saturated heterocycles. The first-order valence-corrected chi connectivity index (χ1v) is 9.35. The minimum atomic E-state index is -0.916. The minimum Gasteiger partial charge on any atom is -0.385 e. The number of amides is 2. The molecule has 2 aromatic rings. The molecule has 1 N–H and O–H groups in total. The molecule has 0 atom stereocenters. The standard InChI is InChI=1S/C19H18F2N4O3S/c1-12(26)25(17-5-4-14(20)9-16(17)21)19-24-15(11-29-19)8-13(10-22)18(27)23-6-3-7-28-2/h4-5,8-9,11H,3,6-7H2,1-2H3,(H,23,27)/b13-8+. The van der Waals surface area contributed by atoms with Crippen molar-refractivity contribution in [2.24, 2.45) is 0 Å². The molecule has 1 aromatic carbocycles. The Morgan fingerprint density at radius 3 is 2.79 bits per heavy atom. The van der Waals surface area contributed by atoms with E-state index in [4.69, 9.17) is 4.74 Å². The van der Waals surface area contributed by atoms with E-state index in [-0.39, 0.29) is 22.1 Å². The maximum atomic E-state index is 14.1. The lowest BCUT2D eigenvalue weighted by Gasteiger charge is -2.18. The SMILES string of the molecule is COCCCNC(=O)/C(C#N)=C/c1csc(N(C(C)=O)c2ccc(F)cc2F)n1. The van der Waals surface area contributed by atoms with Gasteiger partial charge in [-0.3, -0.25) is 14.5 Å². The van der Waals surface area contributed by atoms with Crippen LogP contribution in [-0.4, -0.2) is 37.1 Å². The van der Waals surface area contributed by atoms with Crippen LogP contribution in [0.4, 0.5) is 19.6 Å². The van der Waals surface area contributed by atoms with Gasteiger partial charge in [-0.05, 0) is 24.6 Å². The number of carbonyl (C=O) groups is 2. The molecule has 0 saturated carbocycles. The third-order valence-electron chi connectivity index (χ3n) is 3.63. The van der Waals surface area contributed by atoms with E-state index in [1.54, 1.807) is 13.2 Å². The summed E-state index contributed by atoms with van der Waals surface area (Å²) in [5.41, 5.74) is -0.0656. The van der Waals surface area contributed by atoms with Crippen molar-refractivity contribution >= 4 is 40.0 Å². The van der Waals surface area contributed by atoms with Crippen molar-refractivity contribution in [2.45, 2.75) is 13.3 Å². The van der Waals surface area contributed by atoms with Crippen LogP contribution in [0.3, 0.4) is 0 Å². The second kappa shape index (κ2) is 10.4. The molecule has 7 nitrogen and oxygen atoms in total. The maximum Gasteiger partial charge on any atom is 0.262 e. The van der Waals surface area contributed by atoms with E-state index in [9.17, 15) is 23.6 Å². The average Bonchev–Trinajstić information content (AvgIpc) is 3.13. The van der Waals surface area contributed by atoms with Crippen LogP contribution in [0.15, 0.2) is 29.2 Å². The number of aromatic nitrogens is 1. The second-order valence-electron chi connectivity index (χ2n) is 5.78. The monoisotopic (exact) mass is 420 g/mol. The summed E-state index contributed by atoms with van der Waals surface area (Å²) < 4.78 is 32.2. The molecule has 0 bridgehead atoms. The van der Waals surface area contributed by atoms with Crippen LogP contribution >= 0.6 is 11.3 Å². The molecule has 2 amide bonds. The van der Waals surface area contributed by atoms with Crippen LogP contribution in [-0.2, 0) is 14.3 Å². The molecule has 0 unspecified atom stereocenters. The fourth-order valence-electron chi connectivity index (χ4n) is 2.33. The van der Waals surface area contributed by atoms with Crippen molar-refractivity contribution in [3.8, 4) is 6.07 Å². The van der Waals surface area contributed by atoms with Crippen LogP contribution in [0.1, 0.15) is 19.0 Å². The third-order valence-corrected chi connectivity index (χ3v) is 4.48. The van der Waals surface area contributed by atoms with E-state index in [0.29, 0.717) is 25.6 Å². The van der Waals surface area contributed by atoms with E-state index in [0.717, 1.165) is 28.4 Å². The molecule has 29 heavy (non-hydrogen) atoms. The Bertz CT molecular complexity index is 969. The van der Waals surface area contributed by atoms with E-state index < -0.39 is 23.4 Å². The molecule has 0 aliphatic rings. The molecular formula is C19H18F2N4O3S. The van der Waals surface area contributed by atoms with Gasteiger partial charge in [-0.2, -0.15) is 5.26 Å². The Labute approximate surface area is 170 Å². The van der Waals surface area contributed by atoms with Gasteiger partial charge in [0.25, 0.3) is 5.91 Å². The number of nitriles is 1. The molecule has 152 valence electrons. The fourth-order valence-corrected chi connectivity index (χ4v) is 3.16. The molecular weight excluding hydrogens is 402 g/mol. The van der Waals surface area contributed by atoms with Crippen molar-refractivity contribution in [3.05, 3.63) is 46.5 Å². The number of anilines is 2. The quantitative estimate of drug-likeness (QED) is 0.402. The molecule has 10 heteroatoms. The van der Waals surface area contributed by atoms with E-state index >= 15 is 0 Å². The number of nitrogens with zero attached hydrogens (tertiary/aromatic N) is 3. The van der Waals surface area contributed by atoms with Crippen LogP contribution in [0.25, 0.3) is 6.08 Å². The Balaban J connectivity index is 2.25. The third kappa shape index (κ3) is 5.91. The number of methoxy groups -OCH3 is 1. The molecule has 0 radical (unpaired) electrons. The summed E-state index contributed by atoms with van der Waals surface area (Å²) in [5, 5.41) is 13.5. The summed E-state index contributed by atoms with van der Waals surface area (Å²) in [4.78, 5) is 29.3. The van der Waals surface area contributed by atoms with E-state index in [1.165, 1.54) is 18.4 Å². The largest absolute Gasteiger partial charge is 0.385 e. The maximum absolute atomic E-state index is 14.1. The van der Waals surface area contributed by atoms with Crippen molar-refractivity contribution < 1.29 is 23.1 Å². The first kappa shape index (κ1) is 22.1. The number of rotatable bonds is 8. The van der Waals surface area contributed by atoms with Crippen molar-refractivity contribution in [1.82, 2.24) is 10.3 Å². The fraction of sp³-hybridized carbons (Fsp3) is 0.263. The zero-order valence-electron chi connectivity index (χ0n) is 15.7. The van der Waals surface area contributed by atoms with Gasteiger partial charge in [0.1, 0.15) is 23.3 Å². The van der Waals surface area contributed by atoms with Gasteiger partial charge in [-0.15, -0.1) is 11.3 Å². The van der Waals surface area contributed by atoms with Crippen LogP contribution in [0.2, 0.25) is 0 Å². The zero-order valence-corrected chi connectivity index (χ0v) is 16.6.